The van der Waals surface area contributed by atoms with Crippen molar-refractivity contribution in [2.45, 2.75) is 32.5 Å². The van der Waals surface area contributed by atoms with Crippen LogP contribution < -0.4 is 20.3 Å². The van der Waals surface area contributed by atoms with Crippen LogP contribution in [0.2, 0.25) is 5.02 Å². The molecular weight excluding hydrogens is 454 g/mol. The van der Waals surface area contributed by atoms with E-state index in [0.717, 1.165) is 28.1 Å². The molecule has 0 unspecified atom stereocenters. The molecule has 3 atom stereocenters. The van der Waals surface area contributed by atoms with E-state index in [0.29, 0.717) is 15.8 Å². The Balaban J connectivity index is 1.64. The number of aryl methyl sites for hydroxylation is 2. The Morgan fingerprint density at radius 1 is 1.12 bits per heavy atom. The minimum atomic E-state index is -1.04. The zero-order valence-electron chi connectivity index (χ0n) is 18.6. The molecule has 5 rings (SSSR count). The average molecular weight is 478 g/mol. The summed E-state index contributed by atoms with van der Waals surface area (Å²) in [4.78, 5) is 15.7. The summed E-state index contributed by atoms with van der Waals surface area (Å²) in [6, 6.07) is 20.8. The number of halogens is 1. The van der Waals surface area contributed by atoms with Crippen LogP contribution in [0.3, 0.4) is 0 Å². The summed E-state index contributed by atoms with van der Waals surface area (Å²) in [5, 5.41) is 7.64. The van der Waals surface area contributed by atoms with E-state index >= 15 is 0 Å². The van der Waals surface area contributed by atoms with Crippen molar-refractivity contribution in [2.24, 2.45) is 5.92 Å². The molecule has 0 saturated carbocycles. The van der Waals surface area contributed by atoms with Crippen LogP contribution in [0.4, 0.5) is 11.4 Å². The van der Waals surface area contributed by atoms with Crippen molar-refractivity contribution in [2.75, 3.05) is 10.2 Å². The van der Waals surface area contributed by atoms with E-state index < -0.39 is 11.6 Å². The summed E-state index contributed by atoms with van der Waals surface area (Å²) >= 11 is 11.9. The lowest BCUT2D eigenvalue weighted by atomic mass is 9.78. The number of thiocarbonyl (C=S) groups is 1. The molecule has 0 spiro atoms. The van der Waals surface area contributed by atoms with Crippen molar-refractivity contribution in [1.29, 1.82) is 0 Å². The van der Waals surface area contributed by atoms with Crippen molar-refractivity contribution in [3.05, 3.63) is 88.4 Å². The average Bonchev–Trinajstić information content (AvgIpc) is 2.77. The predicted molar refractivity (Wildman–Crippen MR) is 136 cm³/mol. The van der Waals surface area contributed by atoms with Gasteiger partial charge in [-0.3, -0.25) is 9.69 Å². The lowest BCUT2D eigenvalue weighted by Crippen LogP contribution is -2.72. The van der Waals surface area contributed by atoms with Crippen LogP contribution in [-0.4, -0.2) is 16.7 Å². The summed E-state index contributed by atoms with van der Waals surface area (Å²) in [5.74, 6) is -0.00317. The SMILES string of the molecule is Cc1ccc2c(c1)[C@H]1NC(=S)N(c3ccccc3C)[C@@](C)(O2)[C@@H]1C(=O)Nc1ccc(Cl)cc1. The summed E-state index contributed by atoms with van der Waals surface area (Å²) in [6.07, 6.45) is 0. The van der Waals surface area contributed by atoms with Crippen molar-refractivity contribution < 1.29 is 9.53 Å². The van der Waals surface area contributed by atoms with Crippen molar-refractivity contribution >= 4 is 46.2 Å². The molecule has 2 aliphatic rings. The maximum Gasteiger partial charge on any atom is 0.236 e. The zero-order valence-corrected chi connectivity index (χ0v) is 20.1. The number of nitrogens with one attached hydrogen (secondary N) is 2. The zero-order chi connectivity index (χ0) is 23.3. The molecule has 1 amide bonds. The van der Waals surface area contributed by atoms with Crippen molar-refractivity contribution in [3.63, 3.8) is 0 Å². The maximum absolute atomic E-state index is 13.8. The maximum atomic E-state index is 13.8. The Hall–Kier alpha value is -3.09. The van der Waals surface area contributed by atoms with E-state index in [1.54, 1.807) is 24.3 Å². The van der Waals surface area contributed by atoms with E-state index in [4.69, 9.17) is 28.6 Å². The highest BCUT2D eigenvalue weighted by molar-refractivity contribution is 7.80. The summed E-state index contributed by atoms with van der Waals surface area (Å²) in [6.45, 7) is 5.99. The predicted octanol–water partition coefficient (Wildman–Crippen LogP) is 5.76. The van der Waals surface area contributed by atoms with Gasteiger partial charge in [0, 0.05) is 22.0 Å². The number of para-hydroxylation sites is 1. The highest BCUT2D eigenvalue weighted by atomic mass is 35.5. The number of rotatable bonds is 3. The topological polar surface area (TPSA) is 53.6 Å². The first-order valence-electron chi connectivity index (χ1n) is 10.8. The normalized spacial score (nSPS) is 23.3. The van der Waals surface area contributed by atoms with Gasteiger partial charge in [-0.2, -0.15) is 0 Å². The lowest BCUT2D eigenvalue weighted by molar-refractivity contribution is -0.130. The molecule has 2 N–H and O–H groups in total. The summed E-state index contributed by atoms with van der Waals surface area (Å²) in [5.41, 5.74) is 3.58. The minimum Gasteiger partial charge on any atom is -0.467 e. The molecule has 0 aromatic heterocycles. The Kier molecular flexibility index (Phi) is 5.30. The van der Waals surface area contributed by atoms with Crippen LogP contribution in [0.25, 0.3) is 0 Å². The Labute approximate surface area is 203 Å². The van der Waals surface area contributed by atoms with Gasteiger partial charge in [0.05, 0.1) is 6.04 Å². The largest absolute Gasteiger partial charge is 0.467 e. The third-order valence-electron chi connectivity index (χ3n) is 6.40. The quantitative estimate of drug-likeness (QED) is 0.470. The molecule has 3 aromatic carbocycles. The Bertz CT molecular complexity index is 1260. The van der Waals surface area contributed by atoms with Gasteiger partial charge in [-0.05, 0) is 75.0 Å². The number of fused-ring (bicyclic) bond motifs is 4. The Morgan fingerprint density at radius 3 is 2.58 bits per heavy atom. The van der Waals surface area contributed by atoms with E-state index in [9.17, 15) is 4.79 Å². The fraction of sp³-hybridized carbons (Fsp3) is 0.231. The van der Waals surface area contributed by atoms with Crippen LogP contribution >= 0.6 is 23.8 Å². The van der Waals surface area contributed by atoms with Gasteiger partial charge in [-0.15, -0.1) is 0 Å². The van der Waals surface area contributed by atoms with Gasteiger partial charge in [-0.1, -0.05) is 47.5 Å². The van der Waals surface area contributed by atoms with Gasteiger partial charge < -0.3 is 15.4 Å². The standard InChI is InChI=1S/C26H24ClN3O2S/c1-15-8-13-21-19(14-15)23-22(24(31)28-18-11-9-17(27)10-12-18)26(3,32-21)30(25(33)29-23)20-7-5-4-6-16(20)2/h4-14,22-23H,1-3H3,(H,28,31)(H,29,33)/t22-,23+,26-/m0/s1. The Morgan fingerprint density at radius 2 is 1.85 bits per heavy atom. The highest BCUT2D eigenvalue weighted by Crippen LogP contribution is 2.50. The first-order valence-corrected chi connectivity index (χ1v) is 11.6. The monoisotopic (exact) mass is 477 g/mol. The van der Waals surface area contributed by atoms with Crippen LogP contribution in [0.15, 0.2) is 66.7 Å². The highest BCUT2D eigenvalue weighted by Gasteiger charge is 2.59. The molecule has 168 valence electrons. The number of ether oxygens (including phenoxy) is 1. The second-order valence-corrected chi connectivity index (χ2v) is 9.54. The number of hydrogen-bond donors (Lipinski definition) is 2. The fourth-order valence-electron chi connectivity index (χ4n) is 4.83. The molecule has 2 aliphatic heterocycles. The van der Waals surface area contributed by atoms with Gasteiger partial charge in [0.25, 0.3) is 0 Å². The number of nitrogens with zero attached hydrogens (tertiary/aromatic N) is 1. The number of hydrogen-bond acceptors (Lipinski definition) is 3. The van der Waals surface area contributed by atoms with E-state index in [-0.39, 0.29) is 11.9 Å². The van der Waals surface area contributed by atoms with Crippen molar-refractivity contribution in [3.8, 4) is 5.75 Å². The number of benzene rings is 3. The van der Waals surface area contributed by atoms with Crippen LogP contribution in [0.5, 0.6) is 5.75 Å². The van der Waals surface area contributed by atoms with E-state index in [1.165, 1.54) is 0 Å². The number of amides is 1. The third kappa shape index (κ3) is 3.63. The van der Waals surface area contributed by atoms with Gasteiger partial charge >= 0.3 is 0 Å². The van der Waals surface area contributed by atoms with Crippen LogP contribution in [0, 0.1) is 19.8 Å². The molecule has 33 heavy (non-hydrogen) atoms. The van der Waals surface area contributed by atoms with Crippen LogP contribution in [0.1, 0.15) is 29.7 Å². The molecule has 0 aliphatic carbocycles. The molecule has 0 radical (unpaired) electrons. The first-order chi connectivity index (χ1) is 15.8. The number of anilines is 2. The smallest absolute Gasteiger partial charge is 0.236 e. The second kappa shape index (κ2) is 8.04. The van der Waals surface area contributed by atoms with Crippen molar-refractivity contribution in [1.82, 2.24) is 5.32 Å². The van der Waals surface area contributed by atoms with Gasteiger partial charge in [0.1, 0.15) is 11.7 Å². The number of carbonyl (C=O) groups excluding carboxylic acids is 1. The van der Waals surface area contributed by atoms with E-state index in [1.807, 2.05) is 62.1 Å². The second-order valence-electron chi connectivity index (χ2n) is 8.72. The summed E-state index contributed by atoms with van der Waals surface area (Å²) in [7, 11) is 0. The number of carbonyl (C=O) groups is 1. The molecule has 7 heteroatoms. The molecule has 3 aromatic rings. The molecule has 1 fully saturated rings. The first kappa shape index (κ1) is 21.7. The van der Waals surface area contributed by atoms with Gasteiger partial charge in [0.15, 0.2) is 10.8 Å². The van der Waals surface area contributed by atoms with Gasteiger partial charge in [0.2, 0.25) is 5.91 Å². The molecule has 5 nitrogen and oxygen atoms in total. The van der Waals surface area contributed by atoms with Crippen LogP contribution in [-0.2, 0) is 4.79 Å². The molecular formula is C26H24ClN3O2S. The molecule has 2 bridgehead atoms. The fourth-order valence-corrected chi connectivity index (χ4v) is 5.37. The minimum absolute atomic E-state index is 0.162. The lowest BCUT2D eigenvalue weighted by Gasteiger charge is -2.56. The molecule has 1 saturated heterocycles. The molecule has 2 heterocycles. The third-order valence-corrected chi connectivity index (χ3v) is 6.96. The van der Waals surface area contributed by atoms with Gasteiger partial charge in [-0.25, -0.2) is 0 Å². The summed E-state index contributed by atoms with van der Waals surface area (Å²) < 4.78 is 6.64. The van der Waals surface area contributed by atoms with E-state index in [2.05, 4.69) is 16.7 Å².